The van der Waals surface area contributed by atoms with Crippen molar-refractivity contribution < 1.29 is 4.79 Å². The zero-order valence-electron chi connectivity index (χ0n) is 13.0. The van der Waals surface area contributed by atoms with Gasteiger partial charge in [-0.3, -0.25) is 4.79 Å². The minimum absolute atomic E-state index is 0.112. The maximum atomic E-state index is 12.4. The van der Waals surface area contributed by atoms with Gasteiger partial charge in [-0.05, 0) is 42.1 Å². The standard InChI is InChI=1S/C19H22N2O/c1-21(18-5-3-2-4-6-18)19(22)13-15-7-9-16(10-8-15)17-11-12-20-14-17/h2-10,17,20H,11-14H2,1H3. The third kappa shape index (κ3) is 3.37. The molecule has 3 rings (SSSR count). The van der Waals surface area contributed by atoms with Crippen LogP contribution in [0.2, 0.25) is 0 Å². The lowest BCUT2D eigenvalue weighted by Gasteiger charge is -2.17. The predicted molar refractivity (Wildman–Crippen MR) is 90.2 cm³/mol. The SMILES string of the molecule is CN(C(=O)Cc1ccc(C2CCNC2)cc1)c1ccccc1. The van der Waals surface area contributed by atoms with Crippen molar-refractivity contribution in [3.63, 3.8) is 0 Å². The molecule has 1 amide bonds. The number of para-hydroxylation sites is 1. The van der Waals surface area contributed by atoms with Crippen LogP contribution in [-0.4, -0.2) is 26.0 Å². The van der Waals surface area contributed by atoms with E-state index in [1.165, 1.54) is 12.0 Å². The molecule has 0 aliphatic carbocycles. The molecule has 1 N–H and O–H groups in total. The summed E-state index contributed by atoms with van der Waals surface area (Å²) in [4.78, 5) is 14.1. The summed E-state index contributed by atoms with van der Waals surface area (Å²) in [6.45, 7) is 2.17. The molecule has 1 aliphatic heterocycles. The van der Waals surface area contributed by atoms with E-state index in [4.69, 9.17) is 0 Å². The fourth-order valence-electron chi connectivity index (χ4n) is 2.94. The summed E-state index contributed by atoms with van der Waals surface area (Å²) < 4.78 is 0. The van der Waals surface area contributed by atoms with Crippen LogP contribution in [-0.2, 0) is 11.2 Å². The zero-order valence-corrected chi connectivity index (χ0v) is 13.0. The molecule has 1 heterocycles. The number of carbonyl (C=O) groups is 1. The second kappa shape index (κ2) is 6.75. The van der Waals surface area contributed by atoms with Gasteiger partial charge in [-0.15, -0.1) is 0 Å². The van der Waals surface area contributed by atoms with Gasteiger partial charge in [0.1, 0.15) is 0 Å². The Bertz CT molecular complexity index is 616. The van der Waals surface area contributed by atoms with Gasteiger partial charge in [0.05, 0.1) is 6.42 Å². The normalized spacial score (nSPS) is 17.4. The molecule has 0 aromatic heterocycles. The van der Waals surface area contributed by atoms with Gasteiger partial charge in [-0.1, -0.05) is 42.5 Å². The Labute approximate surface area is 132 Å². The van der Waals surface area contributed by atoms with Gasteiger partial charge in [0.25, 0.3) is 0 Å². The highest BCUT2D eigenvalue weighted by Gasteiger charge is 2.17. The van der Waals surface area contributed by atoms with Crippen LogP contribution >= 0.6 is 0 Å². The van der Waals surface area contributed by atoms with E-state index in [0.717, 1.165) is 24.3 Å². The minimum Gasteiger partial charge on any atom is -0.316 e. The third-order valence-electron chi connectivity index (χ3n) is 4.38. The molecule has 2 aromatic rings. The zero-order chi connectivity index (χ0) is 15.4. The Hall–Kier alpha value is -2.13. The van der Waals surface area contributed by atoms with Crippen LogP contribution in [0.4, 0.5) is 5.69 Å². The van der Waals surface area contributed by atoms with Crippen LogP contribution in [0.1, 0.15) is 23.5 Å². The molecule has 0 saturated carbocycles. The molecule has 1 atom stereocenters. The first-order valence-corrected chi connectivity index (χ1v) is 7.85. The first-order chi connectivity index (χ1) is 10.7. The molecule has 0 spiro atoms. The lowest BCUT2D eigenvalue weighted by Crippen LogP contribution is -2.27. The number of likely N-dealkylation sites (N-methyl/N-ethyl adjacent to an activating group) is 1. The second-order valence-electron chi connectivity index (χ2n) is 5.90. The van der Waals surface area contributed by atoms with Crippen molar-refractivity contribution >= 4 is 11.6 Å². The Morgan fingerprint density at radius 3 is 2.50 bits per heavy atom. The van der Waals surface area contributed by atoms with Crippen molar-refractivity contribution in [1.82, 2.24) is 5.32 Å². The average molecular weight is 294 g/mol. The number of hydrogen-bond acceptors (Lipinski definition) is 2. The maximum absolute atomic E-state index is 12.4. The monoisotopic (exact) mass is 294 g/mol. The number of anilines is 1. The average Bonchev–Trinajstić information content (AvgIpc) is 3.10. The van der Waals surface area contributed by atoms with E-state index in [1.807, 2.05) is 37.4 Å². The van der Waals surface area contributed by atoms with Crippen LogP contribution in [0.5, 0.6) is 0 Å². The quantitative estimate of drug-likeness (QED) is 0.940. The molecule has 3 nitrogen and oxygen atoms in total. The molecule has 1 unspecified atom stereocenters. The summed E-state index contributed by atoms with van der Waals surface area (Å²) >= 11 is 0. The second-order valence-corrected chi connectivity index (χ2v) is 5.90. The van der Waals surface area contributed by atoms with Crippen molar-refractivity contribution in [2.24, 2.45) is 0 Å². The Balaban J connectivity index is 1.64. The molecule has 2 aromatic carbocycles. The number of nitrogens with zero attached hydrogens (tertiary/aromatic N) is 1. The molecule has 0 radical (unpaired) electrons. The van der Waals surface area contributed by atoms with Gasteiger partial charge in [0.2, 0.25) is 5.91 Å². The first-order valence-electron chi connectivity index (χ1n) is 7.85. The number of rotatable bonds is 4. The topological polar surface area (TPSA) is 32.3 Å². The minimum atomic E-state index is 0.112. The number of benzene rings is 2. The third-order valence-corrected chi connectivity index (χ3v) is 4.38. The van der Waals surface area contributed by atoms with Crippen molar-refractivity contribution in [1.29, 1.82) is 0 Å². The molecule has 1 saturated heterocycles. The van der Waals surface area contributed by atoms with Crippen molar-refractivity contribution in [2.45, 2.75) is 18.8 Å². The summed E-state index contributed by atoms with van der Waals surface area (Å²) in [5.74, 6) is 0.734. The van der Waals surface area contributed by atoms with Gasteiger partial charge in [-0.25, -0.2) is 0 Å². The van der Waals surface area contributed by atoms with Crippen molar-refractivity contribution in [3.05, 3.63) is 65.7 Å². The lowest BCUT2D eigenvalue weighted by atomic mass is 9.97. The summed E-state index contributed by atoms with van der Waals surface area (Å²) in [7, 11) is 1.83. The van der Waals surface area contributed by atoms with Gasteiger partial charge >= 0.3 is 0 Å². The molecule has 22 heavy (non-hydrogen) atoms. The van der Waals surface area contributed by atoms with Gasteiger partial charge < -0.3 is 10.2 Å². The Morgan fingerprint density at radius 2 is 1.86 bits per heavy atom. The van der Waals surface area contributed by atoms with E-state index >= 15 is 0 Å². The predicted octanol–water partition coefficient (Wildman–Crippen LogP) is 2.97. The van der Waals surface area contributed by atoms with E-state index < -0.39 is 0 Å². The van der Waals surface area contributed by atoms with Gasteiger partial charge in [0, 0.05) is 19.3 Å². The Kier molecular flexibility index (Phi) is 4.54. The number of carbonyl (C=O) groups excluding carboxylic acids is 1. The van der Waals surface area contributed by atoms with Crippen LogP contribution in [0.15, 0.2) is 54.6 Å². The lowest BCUT2D eigenvalue weighted by molar-refractivity contribution is -0.117. The van der Waals surface area contributed by atoms with Crippen LogP contribution in [0, 0.1) is 0 Å². The van der Waals surface area contributed by atoms with E-state index in [-0.39, 0.29) is 5.91 Å². The van der Waals surface area contributed by atoms with Crippen molar-refractivity contribution in [2.75, 3.05) is 25.0 Å². The number of nitrogens with one attached hydrogen (secondary N) is 1. The van der Waals surface area contributed by atoms with Gasteiger partial charge in [-0.2, -0.15) is 0 Å². The van der Waals surface area contributed by atoms with Crippen molar-refractivity contribution in [3.8, 4) is 0 Å². The van der Waals surface area contributed by atoms with Gasteiger partial charge in [0.15, 0.2) is 0 Å². The fourth-order valence-corrected chi connectivity index (χ4v) is 2.94. The molecule has 0 bridgehead atoms. The number of amides is 1. The van der Waals surface area contributed by atoms with E-state index in [2.05, 4.69) is 29.6 Å². The largest absolute Gasteiger partial charge is 0.316 e. The maximum Gasteiger partial charge on any atom is 0.231 e. The number of hydrogen-bond donors (Lipinski definition) is 1. The van der Waals surface area contributed by atoms with Crippen LogP contribution in [0.3, 0.4) is 0 Å². The molecule has 1 aliphatic rings. The van der Waals surface area contributed by atoms with Crippen LogP contribution in [0.25, 0.3) is 0 Å². The van der Waals surface area contributed by atoms with Crippen LogP contribution < -0.4 is 10.2 Å². The molecule has 114 valence electrons. The highest BCUT2D eigenvalue weighted by molar-refractivity contribution is 5.94. The smallest absolute Gasteiger partial charge is 0.231 e. The molecular weight excluding hydrogens is 272 g/mol. The molecular formula is C19H22N2O. The summed E-state index contributed by atoms with van der Waals surface area (Å²) in [6.07, 6.45) is 1.64. The van der Waals surface area contributed by atoms with E-state index in [1.54, 1.807) is 4.90 Å². The molecule has 3 heteroatoms. The highest BCUT2D eigenvalue weighted by atomic mass is 16.2. The Morgan fingerprint density at radius 1 is 1.14 bits per heavy atom. The molecule has 1 fully saturated rings. The summed E-state index contributed by atoms with van der Waals surface area (Å²) in [6, 6.07) is 18.3. The first kappa shape index (κ1) is 14.8. The van der Waals surface area contributed by atoms with E-state index in [0.29, 0.717) is 12.3 Å². The summed E-state index contributed by atoms with van der Waals surface area (Å²) in [5.41, 5.74) is 3.38. The highest BCUT2D eigenvalue weighted by Crippen LogP contribution is 2.22. The fraction of sp³-hybridized carbons (Fsp3) is 0.316. The summed E-state index contributed by atoms with van der Waals surface area (Å²) in [5, 5.41) is 3.39. The van der Waals surface area contributed by atoms with E-state index in [9.17, 15) is 4.79 Å².